The third kappa shape index (κ3) is 2.23. The number of carbonyl (C=O) groups excluding carboxylic acids is 1. The van der Waals surface area contributed by atoms with Gasteiger partial charge >= 0.3 is 0 Å². The van der Waals surface area contributed by atoms with E-state index >= 15 is 0 Å². The first kappa shape index (κ1) is 11.1. The van der Waals surface area contributed by atoms with E-state index in [4.69, 9.17) is 0 Å². The molecule has 1 saturated carbocycles. The first-order valence-electron chi connectivity index (χ1n) is 5.79. The van der Waals surface area contributed by atoms with Gasteiger partial charge in [-0.05, 0) is 37.8 Å². The second kappa shape index (κ2) is 4.24. The van der Waals surface area contributed by atoms with Crippen molar-refractivity contribution in [2.75, 3.05) is 11.9 Å². The Morgan fingerprint density at radius 1 is 1.50 bits per heavy atom. The highest BCUT2D eigenvalue weighted by Gasteiger charge is 2.30. The van der Waals surface area contributed by atoms with Gasteiger partial charge in [0.15, 0.2) is 5.78 Å². The molecule has 1 atom stereocenters. The molecule has 16 heavy (non-hydrogen) atoms. The largest absolute Gasteiger partial charge is 0.370 e. The molecule has 0 amide bonds. The van der Waals surface area contributed by atoms with Crippen molar-refractivity contribution < 1.29 is 4.79 Å². The molecule has 0 N–H and O–H groups in total. The summed E-state index contributed by atoms with van der Waals surface area (Å²) < 4.78 is 0. The summed E-state index contributed by atoms with van der Waals surface area (Å²) in [6.07, 6.45) is 4.46. The molecule has 1 aromatic rings. The number of rotatable bonds is 4. The fourth-order valence-corrected chi connectivity index (χ4v) is 1.93. The number of anilines is 1. The number of pyridine rings is 1. The van der Waals surface area contributed by atoms with E-state index in [0.717, 1.165) is 11.6 Å². The molecule has 1 aromatic heterocycles. The van der Waals surface area contributed by atoms with Crippen LogP contribution in [0, 0.1) is 5.92 Å². The van der Waals surface area contributed by atoms with Crippen LogP contribution < -0.4 is 4.90 Å². The predicted molar refractivity (Wildman–Crippen MR) is 64.8 cm³/mol. The highest BCUT2D eigenvalue weighted by Crippen LogP contribution is 2.36. The summed E-state index contributed by atoms with van der Waals surface area (Å²) in [4.78, 5) is 17.5. The zero-order chi connectivity index (χ0) is 11.7. The van der Waals surface area contributed by atoms with Crippen LogP contribution in [0.4, 0.5) is 5.69 Å². The Morgan fingerprint density at radius 2 is 2.19 bits per heavy atom. The highest BCUT2D eigenvalue weighted by atomic mass is 16.1. The maximum absolute atomic E-state index is 11.1. The van der Waals surface area contributed by atoms with Crippen molar-refractivity contribution in [3.8, 4) is 0 Å². The van der Waals surface area contributed by atoms with Crippen LogP contribution in [-0.4, -0.2) is 23.9 Å². The SMILES string of the molecule is CC(=O)c1ccc(N(C)C(C)C2CC2)cn1. The zero-order valence-corrected chi connectivity index (χ0v) is 10.1. The van der Waals surface area contributed by atoms with E-state index in [1.807, 2.05) is 6.07 Å². The van der Waals surface area contributed by atoms with Gasteiger partial charge in [0.1, 0.15) is 5.69 Å². The number of nitrogens with zero attached hydrogens (tertiary/aromatic N) is 2. The number of carbonyl (C=O) groups is 1. The van der Waals surface area contributed by atoms with Gasteiger partial charge in [-0.15, -0.1) is 0 Å². The average molecular weight is 218 g/mol. The Balaban J connectivity index is 2.11. The Kier molecular flexibility index (Phi) is 2.95. The summed E-state index contributed by atoms with van der Waals surface area (Å²) in [5.41, 5.74) is 1.63. The molecule has 0 aromatic carbocycles. The quantitative estimate of drug-likeness (QED) is 0.728. The van der Waals surface area contributed by atoms with E-state index in [1.165, 1.54) is 12.8 Å². The first-order valence-corrected chi connectivity index (χ1v) is 5.79. The Hall–Kier alpha value is -1.38. The number of Topliss-reactive ketones (excluding diaryl/α,β-unsaturated/α-hetero) is 1. The molecule has 1 aliphatic carbocycles. The number of hydrogen-bond donors (Lipinski definition) is 0. The molecule has 1 fully saturated rings. The minimum absolute atomic E-state index is 0.0180. The topological polar surface area (TPSA) is 33.2 Å². The molecule has 1 heterocycles. The van der Waals surface area contributed by atoms with Crippen LogP contribution in [0.2, 0.25) is 0 Å². The predicted octanol–water partition coefficient (Wildman–Crippen LogP) is 2.52. The second-order valence-corrected chi connectivity index (χ2v) is 4.65. The summed E-state index contributed by atoms with van der Waals surface area (Å²) >= 11 is 0. The lowest BCUT2D eigenvalue weighted by Crippen LogP contribution is -2.30. The lowest BCUT2D eigenvalue weighted by Gasteiger charge is -2.26. The zero-order valence-electron chi connectivity index (χ0n) is 10.1. The van der Waals surface area contributed by atoms with E-state index in [0.29, 0.717) is 11.7 Å². The van der Waals surface area contributed by atoms with Crippen molar-refractivity contribution in [3.63, 3.8) is 0 Å². The van der Waals surface area contributed by atoms with Crippen LogP contribution in [0.25, 0.3) is 0 Å². The molecule has 0 bridgehead atoms. The number of hydrogen-bond acceptors (Lipinski definition) is 3. The fraction of sp³-hybridized carbons (Fsp3) is 0.538. The number of ketones is 1. The lowest BCUT2D eigenvalue weighted by molar-refractivity contribution is 0.101. The van der Waals surface area contributed by atoms with Crippen LogP contribution in [0.5, 0.6) is 0 Å². The molecule has 0 saturated heterocycles. The maximum atomic E-state index is 11.1. The molecule has 2 rings (SSSR count). The smallest absolute Gasteiger partial charge is 0.178 e. The Morgan fingerprint density at radius 3 is 2.62 bits per heavy atom. The van der Waals surface area contributed by atoms with Crippen LogP contribution in [0.15, 0.2) is 18.3 Å². The van der Waals surface area contributed by atoms with Gasteiger partial charge < -0.3 is 4.90 Å². The van der Waals surface area contributed by atoms with E-state index in [-0.39, 0.29) is 5.78 Å². The molecular formula is C13H18N2O. The fourth-order valence-electron chi connectivity index (χ4n) is 1.93. The minimum atomic E-state index is 0.0180. The first-order chi connectivity index (χ1) is 7.59. The monoisotopic (exact) mass is 218 g/mol. The van der Waals surface area contributed by atoms with Crippen LogP contribution in [0.3, 0.4) is 0 Å². The highest BCUT2D eigenvalue weighted by molar-refractivity contribution is 5.92. The standard InChI is InChI=1S/C13H18N2O/c1-9(11-4-5-11)15(3)12-6-7-13(10(2)16)14-8-12/h6-9,11H,4-5H2,1-3H3. The van der Waals surface area contributed by atoms with Gasteiger partial charge in [0.25, 0.3) is 0 Å². The Bertz CT molecular complexity index is 381. The van der Waals surface area contributed by atoms with Crippen molar-refractivity contribution in [2.45, 2.75) is 32.7 Å². The van der Waals surface area contributed by atoms with Crippen LogP contribution >= 0.6 is 0 Å². The van der Waals surface area contributed by atoms with Crippen molar-refractivity contribution in [3.05, 3.63) is 24.0 Å². The van der Waals surface area contributed by atoms with Gasteiger partial charge in [0.05, 0.1) is 11.9 Å². The normalized spacial score (nSPS) is 16.9. The summed E-state index contributed by atoms with van der Waals surface area (Å²) in [5, 5.41) is 0. The molecule has 1 aliphatic rings. The van der Waals surface area contributed by atoms with Gasteiger partial charge in [-0.3, -0.25) is 9.78 Å². The summed E-state index contributed by atoms with van der Waals surface area (Å²) in [6, 6.07) is 4.33. The third-order valence-corrected chi connectivity index (χ3v) is 3.43. The number of aromatic nitrogens is 1. The molecule has 0 aliphatic heterocycles. The Labute approximate surface area is 96.5 Å². The van der Waals surface area contributed by atoms with Gasteiger partial charge in [0, 0.05) is 20.0 Å². The van der Waals surface area contributed by atoms with Crippen molar-refractivity contribution in [1.82, 2.24) is 4.98 Å². The lowest BCUT2D eigenvalue weighted by atomic mass is 10.1. The van der Waals surface area contributed by atoms with E-state index < -0.39 is 0 Å². The summed E-state index contributed by atoms with van der Waals surface area (Å²) in [6.45, 7) is 3.79. The van der Waals surface area contributed by atoms with Crippen molar-refractivity contribution >= 4 is 11.5 Å². The maximum Gasteiger partial charge on any atom is 0.178 e. The average Bonchev–Trinajstić information content (AvgIpc) is 3.11. The summed E-state index contributed by atoms with van der Waals surface area (Å²) in [7, 11) is 2.09. The second-order valence-electron chi connectivity index (χ2n) is 4.65. The molecule has 3 heteroatoms. The van der Waals surface area contributed by atoms with Crippen LogP contribution in [0.1, 0.15) is 37.2 Å². The van der Waals surface area contributed by atoms with Gasteiger partial charge in [-0.2, -0.15) is 0 Å². The van der Waals surface area contributed by atoms with Crippen LogP contribution in [-0.2, 0) is 0 Å². The van der Waals surface area contributed by atoms with E-state index in [2.05, 4.69) is 23.9 Å². The van der Waals surface area contributed by atoms with Gasteiger partial charge in [0.2, 0.25) is 0 Å². The van der Waals surface area contributed by atoms with Crippen molar-refractivity contribution in [2.24, 2.45) is 5.92 Å². The summed E-state index contributed by atoms with van der Waals surface area (Å²) in [5.74, 6) is 0.849. The van der Waals surface area contributed by atoms with Gasteiger partial charge in [-0.25, -0.2) is 0 Å². The third-order valence-electron chi connectivity index (χ3n) is 3.43. The molecule has 1 unspecified atom stereocenters. The minimum Gasteiger partial charge on any atom is -0.370 e. The van der Waals surface area contributed by atoms with Crippen molar-refractivity contribution in [1.29, 1.82) is 0 Å². The molecule has 0 spiro atoms. The molecule has 3 nitrogen and oxygen atoms in total. The van der Waals surface area contributed by atoms with Gasteiger partial charge in [-0.1, -0.05) is 0 Å². The molecule has 86 valence electrons. The van der Waals surface area contributed by atoms with E-state index in [9.17, 15) is 4.79 Å². The molecular weight excluding hydrogens is 200 g/mol. The van der Waals surface area contributed by atoms with E-state index in [1.54, 1.807) is 19.2 Å². The molecule has 0 radical (unpaired) electrons.